The van der Waals surface area contributed by atoms with Crippen LogP contribution in [0.2, 0.25) is 0 Å². The third kappa shape index (κ3) is 2.17. The molecule has 0 unspecified atom stereocenters. The van der Waals surface area contributed by atoms with E-state index < -0.39 is 11.9 Å². The smallest absolute Gasteiger partial charge is 0.277 e. The Morgan fingerprint density at radius 3 is 2.88 bits per heavy atom. The van der Waals surface area contributed by atoms with Crippen molar-refractivity contribution in [2.24, 2.45) is 0 Å². The maximum Gasteiger partial charge on any atom is 0.277 e. The van der Waals surface area contributed by atoms with Crippen LogP contribution in [-0.2, 0) is 0 Å². The summed E-state index contributed by atoms with van der Waals surface area (Å²) in [6.45, 7) is 4.13. The molecule has 3 aromatic heterocycles. The van der Waals surface area contributed by atoms with E-state index in [9.17, 15) is 9.18 Å². The third-order valence-electron chi connectivity index (χ3n) is 4.41. The summed E-state index contributed by atoms with van der Waals surface area (Å²) in [5.74, 6) is 0.225. The van der Waals surface area contributed by atoms with Gasteiger partial charge in [0.2, 0.25) is 5.95 Å². The zero-order valence-corrected chi connectivity index (χ0v) is 13.5. The molecule has 1 saturated heterocycles. The van der Waals surface area contributed by atoms with Crippen LogP contribution in [-0.4, -0.2) is 41.9 Å². The van der Waals surface area contributed by atoms with E-state index >= 15 is 0 Å². The number of likely N-dealkylation sites (tertiary alicyclic amines) is 1. The normalized spacial score (nSPS) is 17.8. The first kappa shape index (κ1) is 14.8. The highest BCUT2D eigenvalue weighted by Gasteiger charge is 2.35. The van der Waals surface area contributed by atoms with E-state index in [1.54, 1.807) is 30.0 Å². The van der Waals surface area contributed by atoms with Crippen molar-refractivity contribution in [1.29, 1.82) is 0 Å². The van der Waals surface area contributed by atoms with Gasteiger partial charge in [-0.05, 0) is 38.8 Å². The van der Waals surface area contributed by atoms with Crippen LogP contribution in [0.1, 0.15) is 46.7 Å². The quantitative estimate of drug-likeness (QED) is 0.782. The number of aryl methyl sites for hydroxylation is 2. The van der Waals surface area contributed by atoms with Crippen molar-refractivity contribution in [1.82, 2.24) is 29.5 Å². The van der Waals surface area contributed by atoms with Crippen LogP contribution in [0.5, 0.6) is 0 Å². The summed E-state index contributed by atoms with van der Waals surface area (Å²) >= 11 is 0. The second-order valence-corrected chi connectivity index (χ2v) is 6.05. The lowest BCUT2D eigenvalue weighted by atomic mass is 10.2. The van der Waals surface area contributed by atoms with Crippen molar-refractivity contribution in [2.45, 2.75) is 32.7 Å². The molecule has 1 aliphatic rings. The first-order valence-corrected chi connectivity index (χ1v) is 7.89. The minimum absolute atomic E-state index is 0.150. The van der Waals surface area contributed by atoms with Crippen LogP contribution in [0.3, 0.4) is 0 Å². The molecule has 1 N–H and O–H groups in total. The molecule has 1 amide bonds. The van der Waals surface area contributed by atoms with Gasteiger partial charge in [0, 0.05) is 12.2 Å². The molecular formula is C16H17FN6O. The fourth-order valence-corrected chi connectivity index (χ4v) is 3.27. The number of carbonyl (C=O) groups excluding carboxylic acids is 1. The molecule has 3 aromatic rings. The number of amides is 1. The van der Waals surface area contributed by atoms with Gasteiger partial charge in [-0.1, -0.05) is 6.07 Å². The van der Waals surface area contributed by atoms with Crippen LogP contribution in [0.4, 0.5) is 4.39 Å². The predicted octanol–water partition coefficient (Wildman–Crippen LogP) is 2.19. The Kier molecular flexibility index (Phi) is 3.33. The predicted molar refractivity (Wildman–Crippen MR) is 84.0 cm³/mol. The van der Waals surface area contributed by atoms with E-state index in [1.807, 2.05) is 6.92 Å². The standard InChI is InChI=1S/C16H17FN6O/c1-9-5-3-7-12-19-13(14(17)23(9)12)16(24)22-8-4-6-11(22)15-18-10(2)20-21-15/h3,5,7,11H,4,6,8H2,1-2H3,(H,18,20,21)/t11-/m1/s1. The molecule has 4 heterocycles. The fourth-order valence-electron chi connectivity index (χ4n) is 3.27. The van der Waals surface area contributed by atoms with E-state index in [4.69, 9.17) is 0 Å². The van der Waals surface area contributed by atoms with Crippen molar-refractivity contribution in [3.8, 4) is 0 Å². The lowest BCUT2D eigenvalue weighted by Crippen LogP contribution is -2.32. The monoisotopic (exact) mass is 328 g/mol. The Bertz CT molecular complexity index is 930. The summed E-state index contributed by atoms with van der Waals surface area (Å²) in [5.41, 5.74) is 0.975. The van der Waals surface area contributed by atoms with Gasteiger partial charge in [0.15, 0.2) is 11.5 Å². The number of hydrogen-bond acceptors (Lipinski definition) is 4. The number of aromatic amines is 1. The van der Waals surface area contributed by atoms with Gasteiger partial charge in [-0.3, -0.25) is 14.3 Å². The van der Waals surface area contributed by atoms with Gasteiger partial charge in [-0.2, -0.15) is 9.49 Å². The Balaban J connectivity index is 1.73. The van der Waals surface area contributed by atoms with Crippen molar-refractivity contribution in [2.75, 3.05) is 6.54 Å². The first-order chi connectivity index (χ1) is 11.6. The van der Waals surface area contributed by atoms with E-state index in [0.29, 0.717) is 29.5 Å². The van der Waals surface area contributed by atoms with Gasteiger partial charge in [0.05, 0.1) is 6.04 Å². The topological polar surface area (TPSA) is 79.2 Å². The highest BCUT2D eigenvalue weighted by Crippen LogP contribution is 2.31. The fraction of sp³-hybridized carbons (Fsp3) is 0.375. The number of pyridine rings is 1. The van der Waals surface area contributed by atoms with Gasteiger partial charge < -0.3 is 4.90 Å². The van der Waals surface area contributed by atoms with Gasteiger partial charge in [0.25, 0.3) is 5.91 Å². The number of aromatic nitrogens is 5. The largest absolute Gasteiger partial charge is 0.327 e. The average Bonchev–Trinajstić information content (AvgIpc) is 3.25. The van der Waals surface area contributed by atoms with Crippen LogP contribution in [0, 0.1) is 19.8 Å². The lowest BCUT2D eigenvalue weighted by Gasteiger charge is -2.21. The molecule has 4 rings (SSSR count). The summed E-state index contributed by atoms with van der Waals surface area (Å²) in [4.78, 5) is 23.0. The second-order valence-electron chi connectivity index (χ2n) is 6.05. The first-order valence-electron chi connectivity index (χ1n) is 7.89. The SMILES string of the molecule is Cc1nc([C@H]2CCCN2C(=O)c2nc3cccc(C)n3c2F)n[nH]1. The summed E-state index contributed by atoms with van der Waals surface area (Å²) in [7, 11) is 0. The Labute approximate surface area is 137 Å². The number of nitrogens with one attached hydrogen (secondary N) is 1. The summed E-state index contributed by atoms with van der Waals surface area (Å²) < 4.78 is 16.1. The molecule has 24 heavy (non-hydrogen) atoms. The molecule has 1 fully saturated rings. The van der Waals surface area contributed by atoms with Crippen LogP contribution in [0.15, 0.2) is 18.2 Å². The molecule has 8 heteroatoms. The summed E-state index contributed by atoms with van der Waals surface area (Å²) in [6.07, 6.45) is 1.59. The highest BCUT2D eigenvalue weighted by molar-refractivity contribution is 5.93. The molecule has 0 saturated carbocycles. The molecule has 0 aromatic carbocycles. The average molecular weight is 328 g/mol. The molecule has 0 spiro atoms. The van der Waals surface area contributed by atoms with Gasteiger partial charge in [-0.25, -0.2) is 9.97 Å². The lowest BCUT2D eigenvalue weighted by molar-refractivity contribution is 0.0719. The number of halogens is 1. The van der Waals surface area contributed by atoms with Crippen molar-refractivity contribution in [3.63, 3.8) is 0 Å². The van der Waals surface area contributed by atoms with Gasteiger partial charge in [0.1, 0.15) is 11.5 Å². The maximum absolute atomic E-state index is 14.7. The summed E-state index contributed by atoms with van der Waals surface area (Å²) in [5, 5.41) is 6.95. The van der Waals surface area contributed by atoms with Crippen LogP contribution >= 0.6 is 0 Å². The molecule has 7 nitrogen and oxygen atoms in total. The molecule has 1 aliphatic heterocycles. The minimum Gasteiger partial charge on any atom is -0.327 e. The number of nitrogens with zero attached hydrogens (tertiary/aromatic N) is 5. The molecule has 0 aliphatic carbocycles. The van der Waals surface area contributed by atoms with Gasteiger partial charge >= 0.3 is 0 Å². The number of fused-ring (bicyclic) bond motifs is 1. The second kappa shape index (κ2) is 5.40. The molecule has 0 radical (unpaired) electrons. The third-order valence-corrected chi connectivity index (χ3v) is 4.41. The van der Waals surface area contributed by atoms with Crippen molar-refractivity contribution < 1.29 is 9.18 Å². The van der Waals surface area contributed by atoms with Crippen molar-refractivity contribution in [3.05, 3.63) is 47.2 Å². The van der Waals surface area contributed by atoms with Crippen LogP contribution < -0.4 is 0 Å². The molecule has 0 bridgehead atoms. The van der Waals surface area contributed by atoms with E-state index in [-0.39, 0.29) is 11.7 Å². The number of hydrogen-bond donors (Lipinski definition) is 1. The van der Waals surface area contributed by atoms with Gasteiger partial charge in [-0.15, -0.1) is 0 Å². The summed E-state index contributed by atoms with van der Waals surface area (Å²) in [6, 6.07) is 5.02. The Hall–Kier alpha value is -2.77. The van der Waals surface area contributed by atoms with E-state index in [1.165, 1.54) is 4.40 Å². The maximum atomic E-state index is 14.7. The molecule has 124 valence electrons. The number of H-pyrrole nitrogens is 1. The zero-order chi connectivity index (χ0) is 16.8. The zero-order valence-electron chi connectivity index (χ0n) is 13.5. The highest BCUT2D eigenvalue weighted by atomic mass is 19.1. The van der Waals surface area contributed by atoms with E-state index in [0.717, 1.165) is 12.8 Å². The van der Waals surface area contributed by atoms with Crippen LogP contribution in [0.25, 0.3) is 5.65 Å². The Morgan fingerprint density at radius 1 is 1.33 bits per heavy atom. The molecule has 1 atom stereocenters. The number of rotatable bonds is 2. The van der Waals surface area contributed by atoms with Crippen molar-refractivity contribution >= 4 is 11.6 Å². The minimum atomic E-state index is -0.620. The molecular weight excluding hydrogens is 311 g/mol. The van der Waals surface area contributed by atoms with E-state index in [2.05, 4.69) is 20.2 Å². The number of carbonyl (C=O) groups is 1. The Morgan fingerprint density at radius 2 is 2.17 bits per heavy atom. The number of imidazole rings is 1.